The predicted molar refractivity (Wildman–Crippen MR) is 130 cm³/mol. The molecule has 0 aromatic heterocycles. The average Bonchev–Trinajstić information content (AvgIpc) is 3.23. The summed E-state index contributed by atoms with van der Waals surface area (Å²) in [6, 6.07) is 7.98. The van der Waals surface area contributed by atoms with E-state index >= 15 is 0 Å². The van der Waals surface area contributed by atoms with Crippen molar-refractivity contribution in [3.05, 3.63) is 54.0 Å². The smallest absolute Gasteiger partial charge is 0.235 e. The molecule has 0 radical (unpaired) electrons. The molecule has 2 heterocycles. The highest BCUT2D eigenvalue weighted by atomic mass is 32.2. The molecule has 1 aromatic rings. The maximum atomic E-state index is 14.0. The fourth-order valence-electron chi connectivity index (χ4n) is 5.11. The Labute approximate surface area is 191 Å². The van der Waals surface area contributed by atoms with Crippen molar-refractivity contribution in [2.45, 2.75) is 45.8 Å². The Bertz CT molecular complexity index is 810. The maximum Gasteiger partial charge on any atom is 0.235 e. The number of hydrogen-bond acceptors (Lipinski definition) is 5. The lowest BCUT2D eigenvalue weighted by Gasteiger charge is -2.51. The van der Waals surface area contributed by atoms with E-state index in [-0.39, 0.29) is 23.7 Å². The Morgan fingerprint density at radius 1 is 1.32 bits per heavy atom. The van der Waals surface area contributed by atoms with Crippen molar-refractivity contribution in [1.82, 2.24) is 14.7 Å². The zero-order valence-electron chi connectivity index (χ0n) is 19.3. The van der Waals surface area contributed by atoms with Crippen LogP contribution in [-0.2, 0) is 4.79 Å². The Morgan fingerprint density at radius 3 is 2.65 bits per heavy atom. The van der Waals surface area contributed by atoms with Gasteiger partial charge in [-0.25, -0.2) is 0 Å². The molecule has 5 nitrogen and oxygen atoms in total. The van der Waals surface area contributed by atoms with Gasteiger partial charge < -0.3 is 10.0 Å². The Balaban J connectivity index is 2.09. The number of nitrogens with zero attached hydrogens (tertiary/aromatic N) is 3. The van der Waals surface area contributed by atoms with E-state index < -0.39 is 5.41 Å². The molecule has 0 bridgehead atoms. The van der Waals surface area contributed by atoms with Gasteiger partial charge in [0.25, 0.3) is 0 Å². The highest BCUT2D eigenvalue weighted by molar-refractivity contribution is 8.02. The fraction of sp³-hybridized carbons (Fsp3) is 0.560. The van der Waals surface area contributed by atoms with E-state index in [9.17, 15) is 9.90 Å². The van der Waals surface area contributed by atoms with Crippen LogP contribution in [0.1, 0.15) is 39.3 Å². The van der Waals surface area contributed by atoms with Crippen LogP contribution in [0.2, 0.25) is 0 Å². The van der Waals surface area contributed by atoms with Crippen LogP contribution in [0.25, 0.3) is 0 Å². The van der Waals surface area contributed by atoms with Gasteiger partial charge in [-0.3, -0.25) is 14.6 Å². The molecule has 170 valence electrons. The maximum absolute atomic E-state index is 14.0. The number of rotatable bonds is 8. The normalized spacial score (nSPS) is 27.9. The van der Waals surface area contributed by atoms with Crippen molar-refractivity contribution in [2.24, 2.45) is 5.41 Å². The number of carbonyl (C=O) groups is 1. The van der Waals surface area contributed by atoms with E-state index in [0.29, 0.717) is 19.1 Å². The van der Waals surface area contributed by atoms with Crippen LogP contribution in [-0.4, -0.2) is 76.3 Å². The summed E-state index contributed by atoms with van der Waals surface area (Å²) in [6.07, 6.45) is 4.09. The number of piperazine rings is 1. The summed E-state index contributed by atoms with van der Waals surface area (Å²) in [4.78, 5) is 20.9. The van der Waals surface area contributed by atoms with Crippen molar-refractivity contribution >= 4 is 17.7 Å². The molecule has 1 amide bonds. The number of aromatic hydroxyl groups is 1. The number of amides is 1. The summed E-state index contributed by atoms with van der Waals surface area (Å²) in [5, 5.41) is 12.4. The topological polar surface area (TPSA) is 47.0 Å². The van der Waals surface area contributed by atoms with Gasteiger partial charge in [-0.1, -0.05) is 24.3 Å². The van der Waals surface area contributed by atoms with Gasteiger partial charge in [0, 0.05) is 50.6 Å². The van der Waals surface area contributed by atoms with Gasteiger partial charge in [0.15, 0.2) is 0 Å². The first-order valence-electron chi connectivity index (χ1n) is 11.4. The predicted octanol–water partition coefficient (Wildman–Crippen LogP) is 4.13. The summed E-state index contributed by atoms with van der Waals surface area (Å²) >= 11 is 1.71. The molecular formula is C25H37N3O2S. The van der Waals surface area contributed by atoms with Crippen LogP contribution >= 0.6 is 11.8 Å². The number of thioether (sulfide) groups is 1. The summed E-state index contributed by atoms with van der Waals surface area (Å²) in [7, 11) is 0. The van der Waals surface area contributed by atoms with Crippen LogP contribution in [0.15, 0.2) is 48.4 Å². The van der Waals surface area contributed by atoms with Gasteiger partial charge in [0.1, 0.15) is 5.75 Å². The van der Waals surface area contributed by atoms with Crippen LogP contribution in [0.4, 0.5) is 0 Å². The highest BCUT2D eigenvalue weighted by Gasteiger charge is 2.52. The molecule has 1 N–H and O–H groups in total. The average molecular weight is 444 g/mol. The number of phenolic OH excluding ortho intramolecular Hbond substituents is 1. The lowest BCUT2D eigenvalue weighted by Crippen LogP contribution is -2.61. The molecule has 2 aliphatic heterocycles. The minimum absolute atomic E-state index is 0.137. The van der Waals surface area contributed by atoms with Crippen molar-refractivity contribution in [2.75, 3.05) is 38.5 Å². The second kappa shape index (κ2) is 10.2. The monoisotopic (exact) mass is 443 g/mol. The summed E-state index contributed by atoms with van der Waals surface area (Å²) in [6.45, 7) is 16.6. The third-order valence-corrected chi connectivity index (χ3v) is 7.74. The van der Waals surface area contributed by atoms with E-state index in [1.165, 1.54) is 0 Å². The van der Waals surface area contributed by atoms with Gasteiger partial charge in [-0.15, -0.1) is 18.3 Å². The second-order valence-electron chi connectivity index (χ2n) is 8.77. The van der Waals surface area contributed by atoms with Gasteiger partial charge in [0.05, 0.1) is 11.5 Å². The standard InChI is InChI=1S/C25H37N3O2S/c1-6-13-27-16-20(5)28(17-19(27)4)23(21-10-9-11-22(29)15-21)25(12-14-31-18-25)24(30)26(7-2)8-3/h6,9-12,14-15,19-20,23,29H,1,7-8,13,16-18H2,2-5H3. The van der Waals surface area contributed by atoms with Gasteiger partial charge in [-0.2, -0.15) is 0 Å². The SMILES string of the molecule is C=CCN1CC(C)N(C(c2cccc(O)c2)C2(C(=O)N(CC)CC)C=CSC2)CC1C. The lowest BCUT2D eigenvalue weighted by atomic mass is 9.75. The van der Waals surface area contributed by atoms with Crippen molar-refractivity contribution in [3.8, 4) is 5.75 Å². The van der Waals surface area contributed by atoms with Gasteiger partial charge >= 0.3 is 0 Å². The van der Waals surface area contributed by atoms with Gasteiger partial charge in [-0.05, 0) is 50.8 Å². The van der Waals surface area contributed by atoms with Crippen LogP contribution in [0, 0.1) is 5.41 Å². The molecule has 4 atom stereocenters. The molecule has 6 heteroatoms. The number of hydrogen-bond donors (Lipinski definition) is 1. The second-order valence-corrected chi connectivity index (χ2v) is 9.66. The third-order valence-electron chi connectivity index (χ3n) is 6.77. The number of benzene rings is 1. The molecular weight excluding hydrogens is 406 g/mol. The molecule has 1 saturated heterocycles. The third kappa shape index (κ3) is 4.71. The van der Waals surface area contributed by atoms with Crippen molar-refractivity contribution in [3.63, 3.8) is 0 Å². The first kappa shape index (κ1) is 23.9. The zero-order chi connectivity index (χ0) is 22.6. The first-order valence-corrected chi connectivity index (χ1v) is 12.4. The molecule has 1 aromatic carbocycles. The summed E-state index contributed by atoms with van der Waals surface area (Å²) in [5.74, 6) is 1.14. The first-order chi connectivity index (χ1) is 14.9. The molecule has 3 rings (SSSR count). The Hall–Kier alpha value is -1.76. The molecule has 4 unspecified atom stereocenters. The molecule has 0 spiro atoms. The van der Waals surface area contributed by atoms with Crippen LogP contribution in [0.5, 0.6) is 5.75 Å². The van der Waals surface area contributed by atoms with Crippen LogP contribution in [0.3, 0.4) is 0 Å². The van der Waals surface area contributed by atoms with E-state index in [1.54, 1.807) is 17.8 Å². The van der Waals surface area contributed by atoms with E-state index in [2.05, 4.69) is 47.8 Å². The molecule has 0 aliphatic carbocycles. The van der Waals surface area contributed by atoms with Crippen LogP contribution < -0.4 is 0 Å². The van der Waals surface area contributed by atoms with E-state index in [1.807, 2.05) is 37.0 Å². The molecule has 1 fully saturated rings. The van der Waals surface area contributed by atoms with Gasteiger partial charge in [0.2, 0.25) is 5.91 Å². The summed E-state index contributed by atoms with van der Waals surface area (Å²) in [5.41, 5.74) is 0.350. The molecule has 31 heavy (non-hydrogen) atoms. The highest BCUT2D eigenvalue weighted by Crippen LogP contribution is 2.49. The minimum Gasteiger partial charge on any atom is -0.508 e. The van der Waals surface area contributed by atoms with Crippen molar-refractivity contribution in [1.29, 1.82) is 0 Å². The van der Waals surface area contributed by atoms with Crippen molar-refractivity contribution < 1.29 is 9.90 Å². The van der Waals surface area contributed by atoms with E-state index in [0.717, 1.165) is 31.0 Å². The number of phenols is 1. The number of carbonyl (C=O) groups excluding carboxylic acids is 1. The Morgan fingerprint density at radius 2 is 2.06 bits per heavy atom. The quantitative estimate of drug-likeness (QED) is 0.612. The lowest BCUT2D eigenvalue weighted by molar-refractivity contribution is -0.143. The Kier molecular flexibility index (Phi) is 7.89. The molecule has 0 saturated carbocycles. The summed E-state index contributed by atoms with van der Waals surface area (Å²) < 4.78 is 0. The minimum atomic E-state index is -0.654. The largest absolute Gasteiger partial charge is 0.508 e. The van der Waals surface area contributed by atoms with E-state index in [4.69, 9.17) is 0 Å². The molecule has 2 aliphatic rings. The zero-order valence-corrected chi connectivity index (χ0v) is 20.1. The fourth-order valence-corrected chi connectivity index (χ4v) is 6.20.